The third-order valence-corrected chi connectivity index (χ3v) is 5.05. The van der Waals surface area contributed by atoms with Crippen LogP contribution in [0.1, 0.15) is 43.0 Å². The highest BCUT2D eigenvalue weighted by Crippen LogP contribution is 2.25. The highest BCUT2D eigenvalue weighted by atomic mass is 35.5. The van der Waals surface area contributed by atoms with E-state index in [2.05, 4.69) is 10.6 Å². The molecule has 29 heavy (non-hydrogen) atoms. The Labute approximate surface area is 175 Å². The molecule has 0 aliphatic carbocycles. The average molecular weight is 407 g/mol. The molecule has 0 atom stereocenters. The van der Waals surface area contributed by atoms with Crippen LogP contribution in [0.25, 0.3) is 0 Å². The molecule has 0 saturated carbocycles. The van der Waals surface area contributed by atoms with E-state index in [-0.39, 0.29) is 11.8 Å². The number of anilines is 2. The predicted molar refractivity (Wildman–Crippen MR) is 119 cm³/mol. The Morgan fingerprint density at radius 1 is 0.690 bits per heavy atom. The van der Waals surface area contributed by atoms with Crippen LogP contribution in [0.3, 0.4) is 0 Å². The zero-order valence-electron chi connectivity index (χ0n) is 16.9. The van der Waals surface area contributed by atoms with E-state index in [1.165, 1.54) is 0 Å². The smallest absolute Gasteiger partial charge is 0.255 e. The highest BCUT2D eigenvalue weighted by molar-refractivity contribution is 6.34. The predicted octanol–water partition coefficient (Wildman–Crippen LogP) is 6.08. The van der Waals surface area contributed by atoms with Crippen LogP contribution < -0.4 is 10.6 Å². The minimum absolute atomic E-state index is 0.270. The number of carbonyl (C=O) groups is 2. The van der Waals surface area contributed by atoms with E-state index in [1.54, 1.807) is 24.3 Å². The fourth-order valence-electron chi connectivity index (χ4n) is 3.09. The number of amides is 2. The van der Waals surface area contributed by atoms with Gasteiger partial charge in [-0.2, -0.15) is 0 Å². The maximum Gasteiger partial charge on any atom is 0.255 e. The molecule has 0 unspecified atom stereocenters. The number of aryl methyl sites for hydroxylation is 4. The zero-order valence-corrected chi connectivity index (χ0v) is 17.6. The monoisotopic (exact) mass is 406 g/mol. The van der Waals surface area contributed by atoms with Crippen LogP contribution in [0.5, 0.6) is 0 Å². The first-order valence-electron chi connectivity index (χ1n) is 9.31. The summed E-state index contributed by atoms with van der Waals surface area (Å²) in [5.74, 6) is -0.546. The Morgan fingerprint density at radius 2 is 1.28 bits per heavy atom. The molecule has 5 heteroatoms. The summed E-state index contributed by atoms with van der Waals surface area (Å²) in [7, 11) is 0. The number of hydrogen-bond acceptors (Lipinski definition) is 2. The van der Waals surface area contributed by atoms with E-state index in [0.29, 0.717) is 21.8 Å². The Kier molecular flexibility index (Phi) is 6.04. The molecule has 0 bridgehead atoms. The van der Waals surface area contributed by atoms with Crippen LogP contribution in [0, 0.1) is 27.7 Å². The van der Waals surface area contributed by atoms with Gasteiger partial charge in [0.2, 0.25) is 0 Å². The first-order valence-corrected chi connectivity index (χ1v) is 9.68. The van der Waals surface area contributed by atoms with Crippen molar-refractivity contribution in [3.05, 3.63) is 93.0 Å². The molecule has 148 valence electrons. The van der Waals surface area contributed by atoms with Crippen molar-refractivity contribution in [2.75, 3.05) is 10.6 Å². The molecule has 0 saturated heterocycles. The first kappa shape index (κ1) is 20.6. The standard InChI is InChI=1S/C24H23ClN2O2/c1-14-9-15(2)11-20(10-14)26-23(28)19-7-8-21(25)22(13-19)27-24(29)18-6-5-16(3)17(4)12-18/h5-13H,1-4H3,(H,26,28)(H,27,29). The third-order valence-electron chi connectivity index (χ3n) is 4.73. The molecule has 4 nitrogen and oxygen atoms in total. The molecule has 3 rings (SSSR count). The lowest BCUT2D eigenvalue weighted by Crippen LogP contribution is -2.15. The summed E-state index contributed by atoms with van der Waals surface area (Å²) in [6, 6.07) is 16.2. The van der Waals surface area contributed by atoms with Crippen molar-refractivity contribution in [3.63, 3.8) is 0 Å². The van der Waals surface area contributed by atoms with Crippen molar-refractivity contribution < 1.29 is 9.59 Å². The molecule has 0 fully saturated rings. The quantitative estimate of drug-likeness (QED) is 0.551. The summed E-state index contributed by atoms with van der Waals surface area (Å²) in [4.78, 5) is 25.3. The number of carbonyl (C=O) groups excluding carboxylic acids is 2. The van der Waals surface area contributed by atoms with Crippen LogP contribution in [0.4, 0.5) is 11.4 Å². The van der Waals surface area contributed by atoms with Gasteiger partial charge in [-0.3, -0.25) is 9.59 Å². The van der Waals surface area contributed by atoms with Gasteiger partial charge in [0.1, 0.15) is 0 Å². The van der Waals surface area contributed by atoms with Gasteiger partial charge >= 0.3 is 0 Å². The fourth-order valence-corrected chi connectivity index (χ4v) is 3.25. The molecule has 0 spiro atoms. The average Bonchev–Trinajstić information content (AvgIpc) is 2.64. The molecule has 3 aromatic carbocycles. The summed E-state index contributed by atoms with van der Waals surface area (Å²) < 4.78 is 0. The number of hydrogen-bond donors (Lipinski definition) is 2. The van der Waals surface area contributed by atoms with Crippen molar-refractivity contribution in [2.45, 2.75) is 27.7 Å². The molecule has 0 radical (unpaired) electrons. The van der Waals surface area contributed by atoms with Crippen LogP contribution in [-0.4, -0.2) is 11.8 Å². The van der Waals surface area contributed by atoms with E-state index in [4.69, 9.17) is 11.6 Å². The zero-order chi connectivity index (χ0) is 21.1. The van der Waals surface area contributed by atoms with Crippen LogP contribution in [0.15, 0.2) is 54.6 Å². The highest BCUT2D eigenvalue weighted by Gasteiger charge is 2.13. The van der Waals surface area contributed by atoms with E-state index in [9.17, 15) is 9.59 Å². The van der Waals surface area contributed by atoms with Crippen LogP contribution in [0.2, 0.25) is 5.02 Å². The van der Waals surface area contributed by atoms with E-state index in [1.807, 2.05) is 58.0 Å². The minimum Gasteiger partial charge on any atom is -0.322 e. The topological polar surface area (TPSA) is 58.2 Å². The number of benzene rings is 3. The fraction of sp³-hybridized carbons (Fsp3) is 0.167. The van der Waals surface area contributed by atoms with E-state index < -0.39 is 0 Å². The minimum atomic E-state index is -0.276. The summed E-state index contributed by atoms with van der Waals surface area (Å²) >= 11 is 6.24. The molecule has 0 aliphatic rings. The molecular formula is C24H23ClN2O2. The van der Waals surface area contributed by atoms with Crippen molar-refractivity contribution >= 4 is 34.8 Å². The van der Waals surface area contributed by atoms with Gasteiger partial charge in [0, 0.05) is 16.8 Å². The summed E-state index contributed by atoms with van der Waals surface area (Å²) in [6.45, 7) is 7.90. The SMILES string of the molecule is Cc1cc(C)cc(NC(=O)c2ccc(Cl)c(NC(=O)c3ccc(C)c(C)c3)c2)c1. The Morgan fingerprint density at radius 3 is 1.93 bits per heavy atom. The normalized spacial score (nSPS) is 10.5. The van der Waals surface area contributed by atoms with Gasteiger partial charge in [-0.1, -0.05) is 23.7 Å². The van der Waals surface area contributed by atoms with Crippen LogP contribution >= 0.6 is 11.6 Å². The second-order valence-electron chi connectivity index (χ2n) is 7.28. The van der Waals surface area contributed by atoms with Crippen molar-refractivity contribution in [1.82, 2.24) is 0 Å². The van der Waals surface area contributed by atoms with Crippen molar-refractivity contribution in [3.8, 4) is 0 Å². The summed E-state index contributed by atoms with van der Waals surface area (Å²) in [5, 5.41) is 6.06. The largest absolute Gasteiger partial charge is 0.322 e. The maximum atomic E-state index is 12.7. The molecule has 0 heterocycles. The molecule has 3 aromatic rings. The first-order chi connectivity index (χ1) is 13.7. The number of rotatable bonds is 4. The Bertz CT molecular complexity index is 1090. The van der Waals surface area contributed by atoms with Gasteiger partial charge in [-0.25, -0.2) is 0 Å². The molecule has 2 amide bonds. The van der Waals surface area contributed by atoms with Gasteiger partial charge in [0.15, 0.2) is 0 Å². The number of halogens is 1. The van der Waals surface area contributed by atoms with Gasteiger partial charge in [-0.05, 0) is 92.4 Å². The summed E-state index contributed by atoms with van der Waals surface area (Å²) in [6.07, 6.45) is 0. The summed E-state index contributed by atoms with van der Waals surface area (Å²) in [5.41, 5.74) is 6.34. The molecular weight excluding hydrogens is 384 g/mol. The lowest BCUT2D eigenvalue weighted by atomic mass is 10.1. The van der Waals surface area contributed by atoms with Gasteiger partial charge < -0.3 is 10.6 Å². The Hall–Kier alpha value is -3.11. The number of nitrogens with one attached hydrogen (secondary N) is 2. The van der Waals surface area contributed by atoms with Crippen LogP contribution in [-0.2, 0) is 0 Å². The van der Waals surface area contributed by atoms with E-state index >= 15 is 0 Å². The Balaban J connectivity index is 1.80. The van der Waals surface area contributed by atoms with E-state index in [0.717, 1.165) is 27.9 Å². The van der Waals surface area contributed by atoms with Gasteiger partial charge in [-0.15, -0.1) is 0 Å². The molecule has 2 N–H and O–H groups in total. The van der Waals surface area contributed by atoms with Crippen molar-refractivity contribution in [2.24, 2.45) is 0 Å². The second kappa shape index (κ2) is 8.50. The maximum absolute atomic E-state index is 12.7. The molecule has 0 aromatic heterocycles. The van der Waals surface area contributed by atoms with Gasteiger partial charge in [0.25, 0.3) is 11.8 Å². The van der Waals surface area contributed by atoms with Crippen molar-refractivity contribution in [1.29, 1.82) is 0 Å². The third kappa shape index (κ3) is 5.04. The second-order valence-corrected chi connectivity index (χ2v) is 7.69. The lowest BCUT2D eigenvalue weighted by molar-refractivity contribution is 0.101. The van der Waals surface area contributed by atoms with Gasteiger partial charge in [0.05, 0.1) is 10.7 Å². The molecule has 0 aliphatic heterocycles. The lowest BCUT2D eigenvalue weighted by Gasteiger charge is -2.12.